The van der Waals surface area contributed by atoms with Gasteiger partial charge < -0.3 is 10.2 Å². The molecule has 2 N–H and O–H groups in total. The van der Waals surface area contributed by atoms with E-state index in [0.717, 1.165) is 6.07 Å². The van der Waals surface area contributed by atoms with Crippen LogP contribution in [0.25, 0.3) is 0 Å². The van der Waals surface area contributed by atoms with Crippen molar-refractivity contribution in [2.24, 2.45) is 0 Å². The van der Waals surface area contributed by atoms with E-state index in [2.05, 4.69) is 12.6 Å². The minimum absolute atomic E-state index is 0.207. The Labute approximate surface area is 104 Å². The summed E-state index contributed by atoms with van der Waals surface area (Å²) in [6, 6.07) is 2.59. The van der Waals surface area contributed by atoms with Crippen LogP contribution in [-0.2, 0) is 0 Å². The number of aryl methyl sites for hydroxylation is 1. The molecule has 0 aliphatic heterocycles. The zero-order valence-electron chi connectivity index (χ0n) is 8.82. The molecule has 2 unspecified atom stereocenters. The molecule has 0 saturated heterocycles. The predicted molar refractivity (Wildman–Crippen MR) is 65.6 cm³/mol. The van der Waals surface area contributed by atoms with Crippen LogP contribution < -0.4 is 0 Å². The summed E-state index contributed by atoms with van der Waals surface area (Å²) >= 11 is 9.84. The molecule has 0 aliphatic rings. The summed E-state index contributed by atoms with van der Waals surface area (Å²) in [5.74, 6) is -0.0130. The highest BCUT2D eigenvalue weighted by molar-refractivity contribution is 7.80. The number of benzene rings is 1. The molecule has 0 aromatic heterocycles. The van der Waals surface area contributed by atoms with Gasteiger partial charge >= 0.3 is 0 Å². The van der Waals surface area contributed by atoms with Gasteiger partial charge in [0, 0.05) is 10.6 Å². The van der Waals surface area contributed by atoms with Gasteiger partial charge in [0.05, 0.1) is 6.10 Å². The molecule has 5 heteroatoms. The molecule has 16 heavy (non-hydrogen) atoms. The quantitative estimate of drug-likeness (QED) is 0.732. The lowest BCUT2D eigenvalue weighted by molar-refractivity contribution is 0.0171. The van der Waals surface area contributed by atoms with E-state index < -0.39 is 18.0 Å². The summed E-state index contributed by atoms with van der Waals surface area (Å²) in [4.78, 5) is 0. The summed E-state index contributed by atoms with van der Waals surface area (Å²) in [6.07, 6.45) is -1.86. The number of hydrogen-bond donors (Lipinski definition) is 3. The first kappa shape index (κ1) is 13.8. The standard InChI is InChI=1S/C11H14ClFO2S/c1-6-4-8(12)7(5-9(6)13)11(15)10(14)2-3-16/h4-5,10-11,14-16H,2-3H2,1H3. The van der Waals surface area contributed by atoms with Crippen LogP contribution in [0.2, 0.25) is 5.02 Å². The fraction of sp³-hybridized carbons (Fsp3) is 0.455. The monoisotopic (exact) mass is 264 g/mol. The molecular weight excluding hydrogens is 251 g/mol. The molecular formula is C11H14ClFO2S. The molecule has 0 heterocycles. The largest absolute Gasteiger partial charge is 0.390 e. The van der Waals surface area contributed by atoms with Crippen molar-refractivity contribution in [2.75, 3.05) is 5.75 Å². The molecule has 0 saturated carbocycles. The number of hydrogen-bond acceptors (Lipinski definition) is 3. The normalized spacial score (nSPS) is 14.9. The lowest BCUT2D eigenvalue weighted by Crippen LogP contribution is -2.19. The fourth-order valence-electron chi connectivity index (χ4n) is 1.39. The van der Waals surface area contributed by atoms with Crippen LogP contribution in [-0.4, -0.2) is 22.1 Å². The Bertz CT molecular complexity index is 373. The van der Waals surface area contributed by atoms with Gasteiger partial charge in [0.2, 0.25) is 0 Å². The van der Waals surface area contributed by atoms with Gasteiger partial charge in [-0.15, -0.1) is 0 Å². The Morgan fingerprint density at radius 3 is 2.62 bits per heavy atom. The van der Waals surface area contributed by atoms with E-state index in [1.807, 2.05) is 0 Å². The van der Waals surface area contributed by atoms with Gasteiger partial charge in [0.15, 0.2) is 0 Å². The Hall–Kier alpha value is -0.290. The fourth-order valence-corrected chi connectivity index (χ4v) is 1.98. The van der Waals surface area contributed by atoms with E-state index >= 15 is 0 Å². The van der Waals surface area contributed by atoms with Gasteiger partial charge in [-0.05, 0) is 36.8 Å². The molecule has 0 aliphatic carbocycles. The molecule has 0 fully saturated rings. The van der Waals surface area contributed by atoms with Gasteiger partial charge in [0.25, 0.3) is 0 Å². The Balaban J connectivity index is 2.99. The third kappa shape index (κ3) is 3.10. The highest BCUT2D eigenvalue weighted by Crippen LogP contribution is 2.28. The number of rotatable bonds is 4. The number of halogens is 2. The van der Waals surface area contributed by atoms with Crippen molar-refractivity contribution >= 4 is 24.2 Å². The minimum Gasteiger partial charge on any atom is -0.390 e. The molecule has 2 atom stereocenters. The SMILES string of the molecule is Cc1cc(Cl)c(C(O)C(O)CCS)cc1F. The first-order valence-electron chi connectivity index (χ1n) is 4.90. The zero-order valence-corrected chi connectivity index (χ0v) is 10.5. The van der Waals surface area contributed by atoms with E-state index in [0.29, 0.717) is 17.7 Å². The third-order valence-corrected chi connectivity index (χ3v) is 2.97. The van der Waals surface area contributed by atoms with Crippen LogP contribution in [0.3, 0.4) is 0 Å². The second-order valence-electron chi connectivity index (χ2n) is 3.65. The van der Waals surface area contributed by atoms with Crippen molar-refractivity contribution < 1.29 is 14.6 Å². The number of aliphatic hydroxyl groups excluding tert-OH is 2. The minimum atomic E-state index is -1.19. The molecule has 0 radical (unpaired) electrons. The molecule has 2 nitrogen and oxygen atoms in total. The van der Waals surface area contributed by atoms with E-state index in [9.17, 15) is 14.6 Å². The molecule has 0 amide bonds. The van der Waals surface area contributed by atoms with Crippen LogP contribution in [0, 0.1) is 12.7 Å². The van der Waals surface area contributed by atoms with Crippen molar-refractivity contribution in [2.45, 2.75) is 25.6 Å². The summed E-state index contributed by atoms with van der Waals surface area (Å²) < 4.78 is 13.3. The van der Waals surface area contributed by atoms with Crippen molar-refractivity contribution in [3.05, 3.63) is 34.1 Å². The Morgan fingerprint density at radius 2 is 2.06 bits per heavy atom. The first-order chi connectivity index (χ1) is 7.47. The Kier molecular flexibility index (Phi) is 5.05. The van der Waals surface area contributed by atoms with E-state index in [4.69, 9.17) is 11.6 Å². The van der Waals surface area contributed by atoms with Crippen LogP contribution >= 0.6 is 24.2 Å². The first-order valence-corrected chi connectivity index (χ1v) is 5.91. The van der Waals surface area contributed by atoms with Crippen molar-refractivity contribution in [3.63, 3.8) is 0 Å². The lowest BCUT2D eigenvalue weighted by Gasteiger charge is -2.19. The average Bonchev–Trinajstić information content (AvgIpc) is 2.23. The van der Waals surface area contributed by atoms with E-state index in [1.54, 1.807) is 6.92 Å². The second-order valence-corrected chi connectivity index (χ2v) is 4.50. The van der Waals surface area contributed by atoms with Crippen LogP contribution in [0.4, 0.5) is 4.39 Å². The summed E-state index contributed by atoms with van der Waals surface area (Å²) in [7, 11) is 0. The van der Waals surface area contributed by atoms with E-state index in [1.165, 1.54) is 6.07 Å². The van der Waals surface area contributed by atoms with Crippen molar-refractivity contribution in [1.82, 2.24) is 0 Å². The van der Waals surface area contributed by atoms with Gasteiger partial charge in [-0.3, -0.25) is 0 Å². The number of thiol groups is 1. The molecule has 90 valence electrons. The molecule has 1 aromatic carbocycles. The van der Waals surface area contributed by atoms with Gasteiger partial charge in [-0.1, -0.05) is 11.6 Å². The highest BCUT2D eigenvalue weighted by atomic mass is 35.5. The van der Waals surface area contributed by atoms with Gasteiger partial charge in [0.1, 0.15) is 11.9 Å². The average molecular weight is 265 g/mol. The zero-order chi connectivity index (χ0) is 12.3. The van der Waals surface area contributed by atoms with Crippen LogP contribution in [0.15, 0.2) is 12.1 Å². The lowest BCUT2D eigenvalue weighted by atomic mass is 10.0. The summed E-state index contributed by atoms with van der Waals surface area (Å²) in [5.41, 5.74) is 0.615. The molecule has 0 bridgehead atoms. The third-order valence-electron chi connectivity index (χ3n) is 2.39. The maximum atomic E-state index is 13.3. The summed E-state index contributed by atoms with van der Waals surface area (Å²) in [5, 5.41) is 19.6. The predicted octanol–water partition coefficient (Wildman–Crippen LogP) is 2.50. The molecule has 1 aromatic rings. The van der Waals surface area contributed by atoms with Gasteiger partial charge in [-0.2, -0.15) is 12.6 Å². The topological polar surface area (TPSA) is 40.5 Å². The van der Waals surface area contributed by atoms with Crippen molar-refractivity contribution in [3.8, 4) is 0 Å². The van der Waals surface area contributed by atoms with E-state index in [-0.39, 0.29) is 10.6 Å². The second kappa shape index (κ2) is 5.87. The summed E-state index contributed by atoms with van der Waals surface area (Å²) in [6.45, 7) is 1.58. The smallest absolute Gasteiger partial charge is 0.126 e. The maximum Gasteiger partial charge on any atom is 0.126 e. The van der Waals surface area contributed by atoms with Crippen LogP contribution in [0.1, 0.15) is 23.7 Å². The highest BCUT2D eigenvalue weighted by Gasteiger charge is 2.21. The van der Waals surface area contributed by atoms with Crippen molar-refractivity contribution in [1.29, 1.82) is 0 Å². The maximum absolute atomic E-state index is 13.3. The number of aliphatic hydroxyl groups is 2. The Morgan fingerprint density at radius 1 is 1.44 bits per heavy atom. The molecule has 0 spiro atoms. The van der Waals surface area contributed by atoms with Gasteiger partial charge in [-0.25, -0.2) is 4.39 Å². The molecule has 1 rings (SSSR count). The van der Waals surface area contributed by atoms with Crippen LogP contribution in [0.5, 0.6) is 0 Å².